The number of hydrogen-bond donors (Lipinski definition) is 1. The topological polar surface area (TPSA) is 30.9 Å². The van der Waals surface area contributed by atoms with E-state index in [4.69, 9.17) is 26.7 Å². The van der Waals surface area contributed by atoms with E-state index in [1.54, 1.807) is 0 Å². The maximum absolute atomic E-state index is 8.50. The number of nitrogens with zero attached hydrogens (tertiary/aromatic N) is 3. The molecule has 2 aliphatic rings. The molecule has 4 nitrogen and oxygen atoms in total. The van der Waals surface area contributed by atoms with Gasteiger partial charge in [0.25, 0.3) is 0 Å². The van der Waals surface area contributed by atoms with E-state index in [0.717, 1.165) is 4.90 Å². The average Bonchev–Trinajstić information content (AvgIpc) is 2.94. The van der Waals surface area contributed by atoms with Crippen molar-refractivity contribution in [2.75, 3.05) is 38.4 Å². The first-order valence-corrected chi connectivity index (χ1v) is 7.22. The molecule has 0 saturated carbocycles. The highest BCUT2D eigenvalue weighted by molar-refractivity contribution is 6.31. The first-order valence-electron chi connectivity index (χ1n) is 12.3. The molecule has 0 atom stereocenters. The van der Waals surface area contributed by atoms with Crippen LogP contribution in [0.25, 0.3) is 5.82 Å². The normalized spacial score (nSPS) is 28.9. The second-order valence-corrected chi connectivity index (χ2v) is 5.33. The molecule has 0 aromatic heterocycles. The van der Waals surface area contributed by atoms with Gasteiger partial charge in [0, 0.05) is 41.8 Å². The van der Waals surface area contributed by atoms with E-state index in [1.165, 1.54) is 11.9 Å². The quantitative estimate of drug-likeness (QED) is 0.864. The Balaban J connectivity index is 2.15. The smallest absolute Gasteiger partial charge is 0.116 e. The van der Waals surface area contributed by atoms with Crippen LogP contribution in [0.2, 0.25) is 5.02 Å². The van der Waals surface area contributed by atoms with Gasteiger partial charge >= 0.3 is 0 Å². The predicted molar refractivity (Wildman–Crippen MR) is 94.4 cm³/mol. The molecule has 0 radical (unpaired) electrons. The Hall–Kier alpha value is -2.04. The first-order chi connectivity index (χ1) is 15.6. The molecule has 1 fully saturated rings. The molecule has 2 aromatic carbocycles. The molecule has 1 N–H and O–H groups in total. The van der Waals surface area contributed by atoms with Crippen molar-refractivity contribution in [1.29, 1.82) is 0 Å². The van der Waals surface area contributed by atoms with Crippen LogP contribution in [0.5, 0.6) is 0 Å². The number of likely N-dealkylation sites (N-methyl/N-ethyl adjacent to an activating group) is 1. The highest BCUT2D eigenvalue weighted by Crippen LogP contribution is 2.30. The van der Waals surface area contributed by atoms with Crippen LogP contribution in [0.4, 0.5) is 11.4 Å². The fourth-order valence-electron chi connectivity index (χ4n) is 2.29. The summed E-state index contributed by atoms with van der Waals surface area (Å²) in [6.45, 7) is -5.09. The third kappa shape index (κ3) is 2.80. The second kappa shape index (κ2) is 5.87. The van der Waals surface area contributed by atoms with Crippen molar-refractivity contribution in [1.82, 2.24) is 9.80 Å². The Labute approximate surface area is 156 Å². The van der Waals surface area contributed by atoms with Crippen LogP contribution >= 0.6 is 11.6 Å². The minimum atomic E-state index is -2.17. The van der Waals surface area contributed by atoms with Crippen molar-refractivity contribution < 1.29 is 15.1 Å². The van der Waals surface area contributed by atoms with Crippen LogP contribution < -0.4 is 15.9 Å². The third-order valence-electron chi connectivity index (χ3n) is 3.45. The van der Waals surface area contributed by atoms with Gasteiger partial charge in [0.05, 0.1) is 26.3 Å². The van der Waals surface area contributed by atoms with Gasteiger partial charge in [0.2, 0.25) is 0 Å². The molecular formula is C18H19ClN4. The zero-order chi connectivity index (χ0) is 25.5. The van der Waals surface area contributed by atoms with E-state index in [2.05, 4.69) is 10.3 Å². The number of piperazine rings is 1. The summed E-state index contributed by atoms with van der Waals surface area (Å²) in [5, 5.41) is 2.05. The molecule has 4 rings (SSSR count). The summed E-state index contributed by atoms with van der Waals surface area (Å²) in [5.74, 6) is -0.105. The molecule has 2 aliphatic heterocycles. The van der Waals surface area contributed by atoms with Crippen LogP contribution in [0.1, 0.15) is 15.1 Å². The van der Waals surface area contributed by atoms with E-state index < -0.39 is 55.3 Å². The summed E-state index contributed by atoms with van der Waals surface area (Å²) in [5.41, 5.74) is -0.380. The number of benzene rings is 2. The highest BCUT2D eigenvalue weighted by Gasteiger charge is 2.19. The molecule has 1 saturated heterocycles. The zero-order valence-corrected chi connectivity index (χ0v) is 12.9. The van der Waals surface area contributed by atoms with Gasteiger partial charge < -0.3 is 15.1 Å². The van der Waals surface area contributed by atoms with E-state index in [1.807, 2.05) is 0 Å². The molecule has 0 bridgehead atoms. The lowest BCUT2D eigenvalue weighted by atomic mass is 10.2. The maximum Gasteiger partial charge on any atom is 0.116 e. The van der Waals surface area contributed by atoms with E-state index in [0.29, 0.717) is 0 Å². The Kier molecular flexibility index (Phi) is 1.74. The van der Waals surface area contributed by atoms with Crippen molar-refractivity contribution in [3.8, 4) is 0 Å². The predicted octanol–water partition coefficient (Wildman–Crippen LogP) is 2.03. The maximum atomic E-state index is 8.50. The Morgan fingerprint density at radius 1 is 1.22 bits per heavy atom. The molecular weight excluding hydrogens is 308 g/mol. The second-order valence-electron chi connectivity index (χ2n) is 4.95. The minimum Gasteiger partial charge on any atom is -0.355 e. The largest absolute Gasteiger partial charge is 0.355 e. The van der Waals surface area contributed by atoms with Gasteiger partial charge in [0.15, 0.2) is 0 Å². The molecule has 0 spiro atoms. The number of halogens is 1. The Morgan fingerprint density at radius 2 is 2.00 bits per heavy atom. The standard InChI is InChI=1S/C18H19ClN4/c1-22-8-10-23(11-9-22)18-14-4-2-3-5-15(14)20-16-7-6-13(19)12-17(16)21-18/h2-7,12,21H,8-11H2,1H3/i2D,3D,4D,5D,6D,7D,8D2,9D2,12D. The molecule has 23 heavy (non-hydrogen) atoms. The average molecular weight is 338 g/mol. The van der Waals surface area contributed by atoms with E-state index in [-0.39, 0.29) is 45.9 Å². The summed E-state index contributed by atoms with van der Waals surface area (Å²) >= 11 is 6.08. The molecule has 5 heteroatoms. The van der Waals surface area contributed by atoms with Gasteiger partial charge in [-0.25, -0.2) is 4.99 Å². The molecule has 0 aliphatic carbocycles. The summed E-state index contributed by atoms with van der Waals surface area (Å²) < 4.78 is 91.0. The summed E-state index contributed by atoms with van der Waals surface area (Å²) in [6, 6.07) is -3.55. The van der Waals surface area contributed by atoms with Crippen LogP contribution in [-0.4, -0.2) is 42.9 Å². The lowest BCUT2D eigenvalue weighted by Gasteiger charge is -2.35. The number of para-hydroxylation sites is 1. The minimum absolute atomic E-state index is 0.105. The van der Waals surface area contributed by atoms with Gasteiger partial charge in [0.1, 0.15) is 5.82 Å². The van der Waals surface area contributed by atoms with Gasteiger partial charge in [-0.3, -0.25) is 0 Å². The van der Waals surface area contributed by atoms with Crippen molar-refractivity contribution in [3.05, 3.63) is 57.9 Å². The third-order valence-corrected chi connectivity index (χ3v) is 3.64. The van der Waals surface area contributed by atoms with Crippen molar-refractivity contribution in [3.63, 3.8) is 0 Å². The van der Waals surface area contributed by atoms with Gasteiger partial charge in [-0.2, -0.15) is 0 Å². The summed E-state index contributed by atoms with van der Waals surface area (Å²) in [6.07, 6.45) is 0. The molecule has 2 heterocycles. The molecule has 0 unspecified atom stereocenters. The lowest BCUT2D eigenvalue weighted by molar-refractivity contribution is 0.206. The van der Waals surface area contributed by atoms with Crippen LogP contribution in [0.15, 0.2) is 47.3 Å². The molecule has 0 amide bonds. The highest BCUT2D eigenvalue weighted by atomic mass is 35.5. The Bertz CT molecular complexity index is 1340. The molecule has 118 valence electrons. The number of anilines is 1. The van der Waals surface area contributed by atoms with Crippen LogP contribution in [0.3, 0.4) is 0 Å². The fourth-order valence-corrected chi connectivity index (χ4v) is 2.44. The lowest BCUT2D eigenvalue weighted by Crippen LogP contribution is -2.47. The zero-order valence-electron chi connectivity index (χ0n) is 23.1. The first kappa shape index (κ1) is 6.83. The fraction of sp³-hybridized carbons (Fsp3) is 0.278. The number of nitrogens with one attached hydrogen (secondary N) is 1. The van der Waals surface area contributed by atoms with Gasteiger partial charge in [-0.1, -0.05) is 23.7 Å². The summed E-state index contributed by atoms with van der Waals surface area (Å²) in [4.78, 5) is 6.45. The monoisotopic (exact) mass is 337 g/mol. The number of rotatable bonds is 1. The van der Waals surface area contributed by atoms with Crippen LogP contribution in [-0.2, 0) is 0 Å². The van der Waals surface area contributed by atoms with E-state index >= 15 is 0 Å². The number of fused-ring (bicyclic) bond motifs is 2. The van der Waals surface area contributed by atoms with Crippen LogP contribution in [0, 0.1) is 0 Å². The van der Waals surface area contributed by atoms with E-state index in [9.17, 15) is 0 Å². The van der Waals surface area contributed by atoms with Crippen molar-refractivity contribution in [2.45, 2.75) is 0 Å². The van der Waals surface area contributed by atoms with Gasteiger partial charge in [-0.15, -0.1) is 0 Å². The van der Waals surface area contributed by atoms with Gasteiger partial charge in [-0.05, 0) is 37.3 Å². The Morgan fingerprint density at radius 3 is 2.83 bits per heavy atom. The molecule has 2 aromatic rings. The van der Waals surface area contributed by atoms with Crippen molar-refractivity contribution >= 4 is 28.8 Å². The summed E-state index contributed by atoms with van der Waals surface area (Å²) in [7, 11) is 1.30. The number of hydrogen-bond acceptors (Lipinski definition) is 4. The SMILES string of the molecule is [2H]c1c([2H])c2c(c([2H])c1Cl)NC(N1CC([2H])([2H])N(C)C([2H])([2H])C1)=c1c([2H])c([2H])c([2H])c([2H])c1=N2. The van der Waals surface area contributed by atoms with Crippen molar-refractivity contribution in [2.24, 2.45) is 4.99 Å².